The van der Waals surface area contributed by atoms with E-state index in [-0.39, 0.29) is 18.6 Å². The largest absolute Gasteiger partial charge is 0.339 e. The van der Waals surface area contributed by atoms with E-state index in [0.29, 0.717) is 29.9 Å². The highest BCUT2D eigenvalue weighted by molar-refractivity contribution is 5.74. The van der Waals surface area contributed by atoms with Crippen molar-refractivity contribution < 1.29 is 13.8 Å². The Labute approximate surface area is 133 Å². The highest BCUT2D eigenvalue weighted by Gasteiger charge is 2.30. The Hall–Kier alpha value is -2.45. The molecule has 23 heavy (non-hydrogen) atoms. The van der Waals surface area contributed by atoms with Crippen molar-refractivity contribution in [1.29, 1.82) is 0 Å². The van der Waals surface area contributed by atoms with Crippen molar-refractivity contribution >= 4 is 6.03 Å². The predicted octanol–water partition coefficient (Wildman–Crippen LogP) is 1.79. The van der Waals surface area contributed by atoms with Gasteiger partial charge in [0.05, 0.1) is 6.54 Å². The van der Waals surface area contributed by atoms with E-state index in [1.165, 1.54) is 4.90 Å². The van der Waals surface area contributed by atoms with Crippen LogP contribution in [-0.4, -0.2) is 38.3 Å². The van der Waals surface area contributed by atoms with Crippen molar-refractivity contribution in [2.75, 3.05) is 7.05 Å². The summed E-state index contributed by atoms with van der Waals surface area (Å²) in [5.74, 6) is 2.60. The molecule has 0 aliphatic heterocycles. The Bertz CT molecular complexity index is 678. The van der Waals surface area contributed by atoms with Gasteiger partial charge in [-0.2, -0.15) is 9.97 Å². The molecule has 2 amide bonds. The van der Waals surface area contributed by atoms with E-state index < -0.39 is 0 Å². The zero-order chi connectivity index (χ0) is 16.4. The van der Waals surface area contributed by atoms with Crippen molar-refractivity contribution in [1.82, 2.24) is 30.5 Å². The van der Waals surface area contributed by atoms with Gasteiger partial charge in [-0.05, 0) is 19.8 Å². The highest BCUT2D eigenvalue weighted by atomic mass is 16.5. The second-order valence-electron chi connectivity index (χ2n) is 5.75. The first-order valence-electron chi connectivity index (χ1n) is 7.73. The molecule has 0 saturated heterocycles. The molecule has 9 heteroatoms. The summed E-state index contributed by atoms with van der Waals surface area (Å²) in [6.45, 7) is 3.99. The summed E-state index contributed by atoms with van der Waals surface area (Å²) in [7, 11) is 1.66. The summed E-state index contributed by atoms with van der Waals surface area (Å²) in [5.41, 5.74) is 0. The van der Waals surface area contributed by atoms with Gasteiger partial charge in [-0.15, -0.1) is 0 Å². The molecule has 2 heterocycles. The van der Waals surface area contributed by atoms with E-state index in [0.717, 1.165) is 18.7 Å². The molecule has 9 nitrogen and oxygen atoms in total. The Balaban J connectivity index is 1.54. The van der Waals surface area contributed by atoms with Gasteiger partial charge in [-0.25, -0.2) is 4.79 Å². The molecule has 1 atom stereocenters. The number of hydrogen-bond donors (Lipinski definition) is 1. The van der Waals surface area contributed by atoms with Crippen LogP contribution in [0.5, 0.6) is 0 Å². The van der Waals surface area contributed by atoms with Crippen LogP contribution >= 0.6 is 0 Å². The van der Waals surface area contributed by atoms with Gasteiger partial charge in [0, 0.05) is 19.4 Å². The summed E-state index contributed by atoms with van der Waals surface area (Å²) >= 11 is 0. The number of nitrogens with one attached hydrogen (secondary N) is 1. The van der Waals surface area contributed by atoms with Gasteiger partial charge in [0.2, 0.25) is 11.8 Å². The lowest BCUT2D eigenvalue weighted by molar-refractivity contribution is 0.198. The third kappa shape index (κ3) is 3.66. The lowest BCUT2D eigenvalue weighted by Crippen LogP contribution is -2.38. The monoisotopic (exact) mass is 320 g/mol. The van der Waals surface area contributed by atoms with E-state index in [9.17, 15) is 4.79 Å². The molecule has 1 fully saturated rings. The predicted molar refractivity (Wildman–Crippen MR) is 78.4 cm³/mol. The number of rotatable bonds is 6. The third-order valence-corrected chi connectivity index (χ3v) is 3.65. The van der Waals surface area contributed by atoms with Crippen LogP contribution in [0.15, 0.2) is 9.05 Å². The minimum absolute atomic E-state index is 0.263. The first kappa shape index (κ1) is 15.4. The van der Waals surface area contributed by atoms with Crippen LogP contribution in [0.2, 0.25) is 0 Å². The van der Waals surface area contributed by atoms with Gasteiger partial charge < -0.3 is 19.3 Å². The molecular formula is C14H20N6O3. The Morgan fingerprint density at radius 3 is 2.78 bits per heavy atom. The summed E-state index contributed by atoms with van der Waals surface area (Å²) in [4.78, 5) is 22.2. The molecule has 0 unspecified atom stereocenters. The molecule has 0 bridgehead atoms. The standard InChI is InChI=1S/C14H20N6O3/c1-4-11-16-10(18-22-11)7-20(3)14(21)15-8(2)13-17-12(19-23-13)9-5-6-9/h8-9H,4-7H2,1-3H3,(H,15,21)/t8-/m1/s1. The van der Waals surface area contributed by atoms with Crippen molar-refractivity contribution in [3.8, 4) is 0 Å². The van der Waals surface area contributed by atoms with Gasteiger partial charge in [-0.3, -0.25) is 0 Å². The zero-order valence-electron chi connectivity index (χ0n) is 13.4. The van der Waals surface area contributed by atoms with Gasteiger partial charge in [0.15, 0.2) is 11.6 Å². The molecule has 1 N–H and O–H groups in total. The van der Waals surface area contributed by atoms with Crippen LogP contribution in [0.3, 0.4) is 0 Å². The number of amides is 2. The van der Waals surface area contributed by atoms with Crippen LogP contribution < -0.4 is 5.32 Å². The lowest BCUT2D eigenvalue weighted by atomic mass is 10.3. The smallest absolute Gasteiger partial charge is 0.318 e. The molecule has 2 aromatic rings. The van der Waals surface area contributed by atoms with Crippen molar-refractivity contribution in [3.63, 3.8) is 0 Å². The number of carbonyl (C=O) groups is 1. The molecule has 1 saturated carbocycles. The Kier molecular flexibility index (Phi) is 4.26. The van der Waals surface area contributed by atoms with Crippen LogP contribution in [0.25, 0.3) is 0 Å². The maximum absolute atomic E-state index is 12.2. The van der Waals surface area contributed by atoms with Crippen LogP contribution in [0.1, 0.15) is 62.1 Å². The van der Waals surface area contributed by atoms with Crippen molar-refractivity contribution in [3.05, 3.63) is 23.4 Å². The summed E-state index contributed by atoms with van der Waals surface area (Å²) in [6.07, 6.45) is 2.88. The average molecular weight is 320 g/mol. The number of nitrogens with zero attached hydrogens (tertiary/aromatic N) is 5. The molecule has 2 aromatic heterocycles. The number of urea groups is 1. The second kappa shape index (κ2) is 6.35. The molecule has 1 aliphatic carbocycles. The van der Waals surface area contributed by atoms with Crippen LogP contribution in [0, 0.1) is 0 Å². The van der Waals surface area contributed by atoms with Gasteiger partial charge >= 0.3 is 6.03 Å². The molecular weight excluding hydrogens is 300 g/mol. The third-order valence-electron chi connectivity index (χ3n) is 3.65. The number of aromatic nitrogens is 4. The number of aryl methyl sites for hydroxylation is 1. The maximum Gasteiger partial charge on any atom is 0.318 e. The fourth-order valence-electron chi connectivity index (χ4n) is 2.07. The van der Waals surface area contributed by atoms with E-state index >= 15 is 0 Å². The highest BCUT2D eigenvalue weighted by Crippen LogP contribution is 2.38. The quantitative estimate of drug-likeness (QED) is 0.863. The zero-order valence-corrected chi connectivity index (χ0v) is 13.4. The minimum atomic E-state index is -0.360. The maximum atomic E-state index is 12.2. The number of carbonyl (C=O) groups excluding carboxylic acids is 1. The van der Waals surface area contributed by atoms with E-state index in [1.54, 1.807) is 14.0 Å². The van der Waals surface area contributed by atoms with Gasteiger partial charge in [-0.1, -0.05) is 17.2 Å². The van der Waals surface area contributed by atoms with E-state index in [2.05, 4.69) is 25.6 Å². The Morgan fingerprint density at radius 2 is 2.13 bits per heavy atom. The first-order valence-corrected chi connectivity index (χ1v) is 7.73. The number of hydrogen-bond acceptors (Lipinski definition) is 7. The Morgan fingerprint density at radius 1 is 1.35 bits per heavy atom. The van der Waals surface area contributed by atoms with Crippen LogP contribution in [-0.2, 0) is 13.0 Å². The fraction of sp³-hybridized carbons (Fsp3) is 0.643. The SMILES string of the molecule is CCc1nc(CN(C)C(=O)N[C@H](C)c2nc(C3CC3)no2)no1. The van der Waals surface area contributed by atoms with Crippen LogP contribution in [0.4, 0.5) is 4.79 Å². The fourth-order valence-corrected chi connectivity index (χ4v) is 2.07. The van der Waals surface area contributed by atoms with Crippen molar-refractivity contribution in [2.45, 2.75) is 51.6 Å². The summed E-state index contributed by atoms with van der Waals surface area (Å²) in [6, 6.07) is -0.632. The molecule has 1 aliphatic rings. The normalized spacial score (nSPS) is 15.4. The second-order valence-corrected chi connectivity index (χ2v) is 5.75. The van der Waals surface area contributed by atoms with Crippen molar-refractivity contribution in [2.24, 2.45) is 0 Å². The molecule has 0 spiro atoms. The molecule has 3 rings (SSSR count). The molecule has 0 radical (unpaired) electrons. The van der Waals surface area contributed by atoms with E-state index in [4.69, 9.17) is 9.05 Å². The summed E-state index contributed by atoms with van der Waals surface area (Å²) in [5, 5.41) is 10.6. The lowest BCUT2D eigenvalue weighted by Gasteiger charge is -2.18. The molecule has 124 valence electrons. The first-order chi connectivity index (χ1) is 11.1. The average Bonchev–Trinajstić information content (AvgIpc) is 3.09. The molecule has 0 aromatic carbocycles. The van der Waals surface area contributed by atoms with Gasteiger partial charge in [0.25, 0.3) is 0 Å². The minimum Gasteiger partial charge on any atom is -0.339 e. The van der Waals surface area contributed by atoms with Gasteiger partial charge in [0.1, 0.15) is 6.04 Å². The summed E-state index contributed by atoms with van der Waals surface area (Å²) < 4.78 is 10.2. The van der Waals surface area contributed by atoms with E-state index in [1.807, 2.05) is 6.92 Å². The topological polar surface area (TPSA) is 110 Å².